The Morgan fingerprint density at radius 2 is 1.91 bits per heavy atom. The lowest BCUT2D eigenvalue weighted by Gasteiger charge is -2.32. The molecule has 7 nitrogen and oxygen atoms in total. The van der Waals surface area contributed by atoms with Crippen LogP contribution in [0.2, 0.25) is 0 Å². The van der Waals surface area contributed by atoms with E-state index in [1.54, 1.807) is 7.11 Å². The lowest BCUT2D eigenvalue weighted by atomic mass is 9.75. The van der Waals surface area contributed by atoms with Crippen LogP contribution >= 0.6 is 15.9 Å². The predicted molar refractivity (Wildman–Crippen MR) is 130 cm³/mol. The van der Waals surface area contributed by atoms with Gasteiger partial charge in [-0.25, -0.2) is 0 Å². The molecular weight excluding hydrogens is 488 g/mol. The molecule has 0 saturated heterocycles. The van der Waals surface area contributed by atoms with E-state index in [0.717, 1.165) is 22.6 Å². The van der Waals surface area contributed by atoms with Crippen molar-refractivity contribution in [3.05, 3.63) is 57.7 Å². The largest absolute Gasteiger partial charge is 0.493 e. The van der Waals surface area contributed by atoms with Gasteiger partial charge in [0.1, 0.15) is 5.92 Å². The summed E-state index contributed by atoms with van der Waals surface area (Å²) in [7, 11) is 2.90. The zero-order valence-electron chi connectivity index (χ0n) is 19.0. The molecule has 33 heavy (non-hydrogen) atoms. The maximum Gasteiger partial charge on any atom is 0.316 e. The summed E-state index contributed by atoms with van der Waals surface area (Å²) in [6.45, 7) is 4.29. The molecule has 2 aliphatic rings. The van der Waals surface area contributed by atoms with Crippen molar-refractivity contribution >= 4 is 39.1 Å². The van der Waals surface area contributed by atoms with Crippen LogP contribution in [0, 0.1) is 11.8 Å². The number of Topliss-reactive ketones (excluding diaryl/α,β-unsaturated/α-hetero) is 1. The predicted octanol–water partition coefficient (Wildman–Crippen LogP) is 5.09. The third-order valence-corrected chi connectivity index (χ3v) is 6.69. The maximum atomic E-state index is 13.8. The van der Waals surface area contributed by atoms with Crippen molar-refractivity contribution in [2.45, 2.75) is 26.3 Å². The van der Waals surface area contributed by atoms with Gasteiger partial charge in [0.2, 0.25) is 0 Å². The molecule has 1 heterocycles. The molecule has 2 aromatic carbocycles. The Morgan fingerprint density at radius 1 is 1.18 bits per heavy atom. The minimum atomic E-state index is -0.853. The van der Waals surface area contributed by atoms with Gasteiger partial charge < -0.3 is 24.8 Å². The molecule has 0 amide bonds. The number of allylic oxidation sites excluding steroid dienone is 1. The highest BCUT2D eigenvalue weighted by Crippen LogP contribution is 2.46. The zero-order valence-corrected chi connectivity index (χ0v) is 20.6. The molecule has 0 spiro atoms. The highest BCUT2D eigenvalue weighted by molar-refractivity contribution is 9.10. The summed E-state index contributed by atoms with van der Waals surface area (Å²) in [6, 6.07) is 11.1. The maximum absolute atomic E-state index is 13.8. The molecule has 174 valence electrons. The van der Waals surface area contributed by atoms with Gasteiger partial charge >= 0.3 is 5.97 Å². The van der Waals surface area contributed by atoms with E-state index in [2.05, 4.69) is 26.6 Å². The summed E-state index contributed by atoms with van der Waals surface area (Å²) in [4.78, 5) is 26.3. The molecule has 0 fully saturated rings. The molecule has 1 aliphatic carbocycles. The van der Waals surface area contributed by atoms with E-state index < -0.39 is 17.9 Å². The van der Waals surface area contributed by atoms with Crippen molar-refractivity contribution in [3.8, 4) is 11.5 Å². The van der Waals surface area contributed by atoms with Crippen LogP contribution in [-0.2, 0) is 14.3 Å². The second-order valence-electron chi connectivity index (χ2n) is 8.15. The lowest BCUT2D eigenvalue weighted by molar-refractivity contribution is -0.151. The average molecular weight is 515 g/mol. The third-order valence-electron chi connectivity index (χ3n) is 6.10. The van der Waals surface area contributed by atoms with Gasteiger partial charge in [0, 0.05) is 11.3 Å². The number of carbonyl (C=O) groups is 2. The normalized spacial score (nSPS) is 21.7. The Morgan fingerprint density at radius 3 is 2.58 bits per heavy atom. The fourth-order valence-corrected chi connectivity index (χ4v) is 5.15. The van der Waals surface area contributed by atoms with E-state index >= 15 is 0 Å². The van der Waals surface area contributed by atoms with E-state index in [1.807, 2.05) is 50.2 Å². The minimum absolute atomic E-state index is 0.191. The molecule has 4 rings (SSSR count). The average Bonchev–Trinajstić information content (AvgIpc) is 2.96. The Kier molecular flexibility index (Phi) is 6.65. The molecule has 1 aliphatic heterocycles. The number of para-hydroxylation sites is 2. The standard InChI is InChI=1S/C25H27BrN2O5/c1-5-33-24-15(26)11-14(12-19(24)31-3)22-21-18(27-16-8-6-7-9-17(16)28-22)10-13(2)20(23(21)29)25(30)32-4/h6-9,11-13,20,22,27-28H,5,10H2,1-4H3/t13-,20-,22+/m0/s1. The quantitative estimate of drug-likeness (QED) is 0.424. The first-order valence-corrected chi connectivity index (χ1v) is 11.7. The highest BCUT2D eigenvalue weighted by Gasteiger charge is 2.44. The van der Waals surface area contributed by atoms with Gasteiger partial charge in [-0.1, -0.05) is 19.1 Å². The second kappa shape index (κ2) is 9.47. The smallest absolute Gasteiger partial charge is 0.316 e. The number of anilines is 2. The number of fused-ring (bicyclic) bond motifs is 1. The summed E-state index contributed by atoms with van der Waals surface area (Å²) in [6.07, 6.45) is 0.544. The van der Waals surface area contributed by atoms with Crippen LogP contribution in [0.4, 0.5) is 11.4 Å². The zero-order chi connectivity index (χ0) is 23.7. The van der Waals surface area contributed by atoms with E-state index in [0.29, 0.717) is 34.6 Å². The number of halogens is 1. The highest BCUT2D eigenvalue weighted by atomic mass is 79.9. The molecule has 0 saturated carbocycles. The fourth-order valence-electron chi connectivity index (χ4n) is 4.57. The first-order valence-electron chi connectivity index (χ1n) is 10.9. The van der Waals surface area contributed by atoms with E-state index in [9.17, 15) is 9.59 Å². The molecule has 2 N–H and O–H groups in total. The number of benzene rings is 2. The van der Waals surface area contributed by atoms with Gasteiger partial charge in [0.05, 0.1) is 42.7 Å². The van der Waals surface area contributed by atoms with Crippen LogP contribution in [0.1, 0.15) is 31.9 Å². The van der Waals surface area contributed by atoms with E-state index in [1.165, 1.54) is 7.11 Å². The summed E-state index contributed by atoms with van der Waals surface area (Å²) in [5.74, 6) is -0.641. The van der Waals surface area contributed by atoms with E-state index in [4.69, 9.17) is 14.2 Å². The first kappa shape index (κ1) is 23.2. The van der Waals surface area contributed by atoms with Crippen molar-refractivity contribution in [1.82, 2.24) is 0 Å². The van der Waals surface area contributed by atoms with Gasteiger partial charge in [0.25, 0.3) is 0 Å². The molecule has 0 radical (unpaired) electrons. The van der Waals surface area contributed by atoms with Gasteiger partial charge in [-0.15, -0.1) is 0 Å². The molecule has 0 aromatic heterocycles. The Labute approximate surface area is 201 Å². The van der Waals surface area contributed by atoms with Crippen molar-refractivity contribution in [2.75, 3.05) is 31.5 Å². The van der Waals surface area contributed by atoms with Crippen LogP contribution in [0.3, 0.4) is 0 Å². The van der Waals surface area contributed by atoms with Gasteiger partial charge in [-0.3, -0.25) is 9.59 Å². The fraction of sp³-hybridized carbons (Fsp3) is 0.360. The van der Waals surface area contributed by atoms with Crippen molar-refractivity contribution in [3.63, 3.8) is 0 Å². The molecule has 0 bridgehead atoms. The number of carbonyl (C=O) groups excluding carboxylic acids is 2. The number of hydrogen-bond acceptors (Lipinski definition) is 7. The van der Waals surface area contributed by atoms with Gasteiger partial charge in [-0.05, 0) is 65.0 Å². The van der Waals surface area contributed by atoms with Crippen LogP contribution < -0.4 is 20.1 Å². The summed E-state index contributed by atoms with van der Waals surface area (Å²) < 4.78 is 17.0. The molecule has 8 heteroatoms. The summed E-state index contributed by atoms with van der Waals surface area (Å²) in [5.41, 5.74) is 3.87. The lowest BCUT2D eigenvalue weighted by Crippen LogP contribution is -2.39. The van der Waals surface area contributed by atoms with Gasteiger partial charge in [-0.2, -0.15) is 0 Å². The summed E-state index contributed by atoms with van der Waals surface area (Å²) in [5, 5.41) is 6.97. The van der Waals surface area contributed by atoms with Gasteiger partial charge in [0.15, 0.2) is 17.3 Å². The van der Waals surface area contributed by atoms with Crippen LogP contribution in [0.5, 0.6) is 11.5 Å². The van der Waals surface area contributed by atoms with Crippen LogP contribution in [0.15, 0.2) is 52.1 Å². The number of hydrogen-bond donors (Lipinski definition) is 2. The summed E-state index contributed by atoms with van der Waals surface area (Å²) >= 11 is 3.59. The monoisotopic (exact) mass is 514 g/mol. The minimum Gasteiger partial charge on any atom is -0.493 e. The molecule has 2 aromatic rings. The van der Waals surface area contributed by atoms with Crippen molar-refractivity contribution in [1.29, 1.82) is 0 Å². The van der Waals surface area contributed by atoms with Crippen molar-refractivity contribution < 1.29 is 23.8 Å². The second-order valence-corrected chi connectivity index (χ2v) is 9.01. The number of ether oxygens (including phenoxy) is 3. The Hall–Kier alpha value is -3.00. The molecule has 3 atom stereocenters. The SMILES string of the molecule is CCOc1c(Br)cc([C@H]2Nc3ccccc3NC3=C2C(=O)[C@@H](C(=O)OC)[C@@H](C)C3)cc1OC. The number of nitrogens with one attached hydrogen (secondary N) is 2. The Bertz CT molecular complexity index is 1130. The topological polar surface area (TPSA) is 85.9 Å². The Balaban J connectivity index is 1.90. The first-order chi connectivity index (χ1) is 15.9. The van der Waals surface area contributed by atoms with Crippen LogP contribution in [0.25, 0.3) is 0 Å². The number of ketones is 1. The van der Waals surface area contributed by atoms with E-state index in [-0.39, 0.29) is 11.7 Å². The number of methoxy groups -OCH3 is 2. The van der Waals surface area contributed by atoms with Crippen LogP contribution in [-0.4, -0.2) is 32.6 Å². The van der Waals surface area contributed by atoms with Crippen molar-refractivity contribution in [2.24, 2.45) is 11.8 Å². The number of esters is 1. The molecular formula is C25H27BrN2O5. The molecule has 0 unspecified atom stereocenters. The third kappa shape index (κ3) is 4.19. The number of rotatable bonds is 5.